The van der Waals surface area contributed by atoms with Crippen molar-refractivity contribution in [1.82, 2.24) is 15.3 Å². The van der Waals surface area contributed by atoms with Crippen LogP contribution >= 0.6 is 0 Å². The molecule has 1 N–H and O–H groups in total. The highest BCUT2D eigenvalue weighted by molar-refractivity contribution is 5.40. The first-order valence-electron chi connectivity index (χ1n) is 6.83. The Morgan fingerprint density at radius 2 is 2.00 bits per heavy atom. The summed E-state index contributed by atoms with van der Waals surface area (Å²) in [6, 6.07) is 2.08. The molecule has 0 unspecified atom stereocenters. The van der Waals surface area contributed by atoms with Crippen molar-refractivity contribution in [3.05, 3.63) is 17.6 Å². The van der Waals surface area contributed by atoms with Gasteiger partial charge in [-0.15, -0.1) is 0 Å². The second kappa shape index (κ2) is 7.31. The van der Waals surface area contributed by atoms with Gasteiger partial charge >= 0.3 is 0 Å². The Morgan fingerprint density at radius 1 is 1.28 bits per heavy atom. The number of aryl methyl sites for hydroxylation is 1. The SMILES string of the molecule is CCCN(CCNC)c1cc(C)nc(C(C)C)n1. The Balaban J connectivity index is 2.95. The second-order valence-electron chi connectivity index (χ2n) is 4.97. The number of likely N-dealkylation sites (N-methyl/N-ethyl adjacent to an activating group) is 1. The number of hydrogen-bond donors (Lipinski definition) is 1. The van der Waals surface area contributed by atoms with Gasteiger partial charge in [-0.2, -0.15) is 0 Å². The zero-order valence-corrected chi connectivity index (χ0v) is 12.3. The van der Waals surface area contributed by atoms with Gasteiger partial charge in [-0.3, -0.25) is 0 Å². The highest BCUT2D eigenvalue weighted by Gasteiger charge is 2.11. The van der Waals surface area contributed by atoms with Crippen LogP contribution in [0.25, 0.3) is 0 Å². The molecule has 0 fully saturated rings. The molecule has 1 aromatic heterocycles. The van der Waals surface area contributed by atoms with Gasteiger partial charge in [0.15, 0.2) is 0 Å². The van der Waals surface area contributed by atoms with Crippen LogP contribution in [-0.4, -0.2) is 36.6 Å². The fourth-order valence-electron chi connectivity index (χ4n) is 1.85. The Bertz CT molecular complexity index is 363. The van der Waals surface area contributed by atoms with Crippen molar-refractivity contribution in [3.8, 4) is 0 Å². The lowest BCUT2D eigenvalue weighted by Crippen LogP contribution is -2.32. The third kappa shape index (κ3) is 4.26. The van der Waals surface area contributed by atoms with E-state index in [9.17, 15) is 0 Å². The fraction of sp³-hybridized carbons (Fsp3) is 0.714. The minimum absolute atomic E-state index is 0.372. The van der Waals surface area contributed by atoms with Gasteiger partial charge in [-0.25, -0.2) is 9.97 Å². The van der Waals surface area contributed by atoms with Gasteiger partial charge < -0.3 is 10.2 Å². The topological polar surface area (TPSA) is 41.0 Å². The molecule has 0 aromatic carbocycles. The quantitative estimate of drug-likeness (QED) is 0.806. The van der Waals surface area contributed by atoms with E-state index in [0.717, 1.165) is 43.4 Å². The maximum atomic E-state index is 4.69. The van der Waals surface area contributed by atoms with Crippen molar-refractivity contribution in [2.45, 2.75) is 40.0 Å². The molecule has 0 saturated carbocycles. The van der Waals surface area contributed by atoms with Crippen molar-refractivity contribution in [2.24, 2.45) is 0 Å². The average molecular weight is 250 g/mol. The number of anilines is 1. The van der Waals surface area contributed by atoms with E-state index in [1.807, 2.05) is 14.0 Å². The van der Waals surface area contributed by atoms with Crippen molar-refractivity contribution in [2.75, 3.05) is 31.6 Å². The first-order valence-corrected chi connectivity index (χ1v) is 6.83. The van der Waals surface area contributed by atoms with Crippen LogP contribution in [0.2, 0.25) is 0 Å². The number of nitrogens with one attached hydrogen (secondary N) is 1. The summed E-state index contributed by atoms with van der Waals surface area (Å²) in [5, 5.41) is 3.19. The minimum atomic E-state index is 0.372. The van der Waals surface area contributed by atoms with E-state index in [0.29, 0.717) is 5.92 Å². The lowest BCUT2D eigenvalue weighted by atomic mass is 10.2. The molecular weight excluding hydrogens is 224 g/mol. The van der Waals surface area contributed by atoms with Crippen LogP contribution in [0.1, 0.15) is 44.6 Å². The number of rotatable bonds is 7. The molecule has 1 aromatic rings. The Kier molecular flexibility index (Phi) is 6.05. The van der Waals surface area contributed by atoms with E-state index in [4.69, 9.17) is 4.98 Å². The van der Waals surface area contributed by atoms with E-state index < -0.39 is 0 Å². The monoisotopic (exact) mass is 250 g/mol. The Hall–Kier alpha value is -1.16. The van der Waals surface area contributed by atoms with Crippen LogP contribution < -0.4 is 10.2 Å². The molecule has 0 aliphatic carbocycles. The van der Waals surface area contributed by atoms with E-state index in [1.165, 1.54) is 0 Å². The third-order valence-corrected chi connectivity index (χ3v) is 2.82. The highest BCUT2D eigenvalue weighted by atomic mass is 15.2. The van der Waals surface area contributed by atoms with Gasteiger partial charge in [0, 0.05) is 37.3 Å². The van der Waals surface area contributed by atoms with Crippen molar-refractivity contribution < 1.29 is 0 Å². The van der Waals surface area contributed by atoms with Gasteiger partial charge in [0.1, 0.15) is 11.6 Å². The maximum Gasteiger partial charge on any atom is 0.133 e. The molecule has 0 aliphatic rings. The molecule has 4 nitrogen and oxygen atoms in total. The summed E-state index contributed by atoms with van der Waals surface area (Å²) < 4.78 is 0. The zero-order valence-electron chi connectivity index (χ0n) is 12.3. The number of nitrogens with zero attached hydrogens (tertiary/aromatic N) is 3. The molecular formula is C14H26N4. The van der Waals surface area contributed by atoms with Gasteiger partial charge in [0.2, 0.25) is 0 Å². The summed E-state index contributed by atoms with van der Waals surface area (Å²) in [7, 11) is 1.98. The molecule has 1 heterocycles. The summed E-state index contributed by atoms with van der Waals surface area (Å²) in [5.41, 5.74) is 1.05. The van der Waals surface area contributed by atoms with Gasteiger partial charge in [-0.1, -0.05) is 20.8 Å². The molecule has 0 aliphatic heterocycles. The largest absolute Gasteiger partial charge is 0.355 e. The molecule has 0 radical (unpaired) electrons. The smallest absolute Gasteiger partial charge is 0.133 e. The lowest BCUT2D eigenvalue weighted by molar-refractivity contribution is 0.689. The molecule has 0 saturated heterocycles. The molecule has 18 heavy (non-hydrogen) atoms. The second-order valence-corrected chi connectivity index (χ2v) is 4.97. The number of hydrogen-bond acceptors (Lipinski definition) is 4. The normalized spacial score (nSPS) is 11.0. The third-order valence-electron chi connectivity index (χ3n) is 2.82. The van der Waals surface area contributed by atoms with Crippen LogP contribution in [0.3, 0.4) is 0 Å². The fourth-order valence-corrected chi connectivity index (χ4v) is 1.85. The zero-order chi connectivity index (χ0) is 13.5. The predicted octanol–water partition coefficient (Wildman–Crippen LogP) is 2.34. The van der Waals surface area contributed by atoms with Crippen molar-refractivity contribution in [1.29, 1.82) is 0 Å². The first kappa shape index (κ1) is 14.9. The molecule has 102 valence electrons. The van der Waals surface area contributed by atoms with E-state index in [1.54, 1.807) is 0 Å². The van der Waals surface area contributed by atoms with Gasteiger partial charge in [0.25, 0.3) is 0 Å². The average Bonchev–Trinajstić information content (AvgIpc) is 2.33. The van der Waals surface area contributed by atoms with E-state index in [2.05, 4.69) is 42.0 Å². The molecule has 0 atom stereocenters. The van der Waals surface area contributed by atoms with Crippen LogP contribution in [0.4, 0.5) is 5.82 Å². The first-order chi connectivity index (χ1) is 8.58. The van der Waals surface area contributed by atoms with Gasteiger partial charge in [0.05, 0.1) is 0 Å². The summed E-state index contributed by atoms with van der Waals surface area (Å²) in [4.78, 5) is 11.5. The highest BCUT2D eigenvalue weighted by Crippen LogP contribution is 2.17. The summed E-state index contributed by atoms with van der Waals surface area (Å²) >= 11 is 0. The lowest BCUT2D eigenvalue weighted by Gasteiger charge is -2.24. The van der Waals surface area contributed by atoms with Crippen LogP contribution in [0.15, 0.2) is 6.07 Å². The van der Waals surface area contributed by atoms with Gasteiger partial charge in [-0.05, 0) is 20.4 Å². The molecule has 1 rings (SSSR count). The van der Waals surface area contributed by atoms with Crippen LogP contribution in [-0.2, 0) is 0 Å². The number of aromatic nitrogens is 2. The Morgan fingerprint density at radius 3 is 2.56 bits per heavy atom. The standard InChI is InChI=1S/C14H26N4/c1-6-8-18(9-7-15-5)13-10-12(4)16-14(17-13)11(2)3/h10-11,15H,6-9H2,1-5H3. The molecule has 0 spiro atoms. The van der Waals surface area contributed by atoms with E-state index >= 15 is 0 Å². The minimum Gasteiger partial charge on any atom is -0.355 e. The molecule has 0 bridgehead atoms. The predicted molar refractivity (Wildman–Crippen MR) is 77.3 cm³/mol. The summed E-state index contributed by atoms with van der Waals surface area (Å²) in [6.45, 7) is 11.5. The summed E-state index contributed by atoms with van der Waals surface area (Å²) in [5.74, 6) is 2.37. The van der Waals surface area contributed by atoms with Crippen molar-refractivity contribution in [3.63, 3.8) is 0 Å². The maximum absolute atomic E-state index is 4.69. The Labute approximate surface area is 111 Å². The van der Waals surface area contributed by atoms with Crippen LogP contribution in [0.5, 0.6) is 0 Å². The van der Waals surface area contributed by atoms with E-state index in [-0.39, 0.29) is 0 Å². The van der Waals surface area contributed by atoms with Crippen LogP contribution in [0, 0.1) is 6.92 Å². The summed E-state index contributed by atoms with van der Waals surface area (Å²) in [6.07, 6.45) is 1.13. The molecule has 4 heteroatoms. The molecule has 0 amide bonds. The van der Waals surface area contributed by atoms with Crippen molar-refractivity contribution >= 4 is 5.82 Å².